The number of nitrogens with zero attached hydrogens (tertiary/aromatic N) is 1. The van der Waals surface area contributed by atoms with Gasteiger partial charge in [-0.3, -0.25) is 9.59 Å². The number of hydrogen-bond acceptors (Lipinski definition) is 4. The molecular formula is C18H19FINO4. The predicted octanol–water partition coefficient (Wildman–Crippen LogP) is 2.22. The lowest BCUT2D eigenvalue weighted by Gasteiger charge is -2.14. The van der Waals surface area contributed by atoms with Crippen molar-refractivity contribution in [3.63, 3.8) is 0 Å². The van der Waals surface area contributed by atoms with E-state index in [1.165, 1.54) is 16.8 Å². The van der Waals surface area contributed by atoms with E-state index in [9.17, 15) is 14.0 Å². The fraction of sp³-hybridized carbons (Fsp3) is 0.333. The molecule has 25 heavy (non-hydrogen) atoms. The Morgan fingerprint density at radius 1 is 1.40 bits per heavy atom. The molecule has 0 spiro atoms. The van der Waals surface area contributed by atoms with Crippen molar-refractivity contribution in [2.24, 2.45) is 7.05 Å². The molecule has 2 rings (SSSR count). The Labute approximate surface area is 158 Å². The highest BCUT2D eigenvalue weighted by Gasteiger charge is 2.19. The number of aliphatic hydroxyl groups excluding tert-OH is 1. The highest BCUT2D eigenvalue weighted by molar-refractivity contribution is 14.1. The number of carbonyl (C=O) groups excluding carboxylic acids is 1. The van der Waals surface area contributed by atoms with Crippen LogP contribution in [0.2, 0.25) is 0 Å². The molecule has 0 saturated heterocycles. The van der Waals surface area contributed by atoms with Gasteiger partial charge in [0.25, 0.3) is 5.56 Å². The standard InChI is InChI=1S/C18H19FINO4/c1-11-14(7-12-3-4-13(20)8-16(12)19)15(9-21(2)18(11)24)17(23)10-25-6-5-22/h3-4,8-9,22H,5-7,10H2,1-2H3. The van der Waals surface area contributed by atoms with Crippen LogP contribution in [0, 0.1) is 16.3 Å². The third kappa shape index (κ3) is 4.74. The minimum atomic E-state index is -0.373. The van der Waals surface area contributed by atoms with Crippen LogP contribution < -0.4 is 5.56 Å². The summed E-state index contributed by atoms with van der Waals surface area (Å²) >= 11 is 2.02. The van der Waals surface area contributed by atoms with Gasteiger partial charge in [0.2, 0.25) is 0 Å². The van der Waals surface area contributed by atoms with Crippen LogP contribution in [0.4, 0.5) is 4.39 Å². The summed E-state index contributed by atoms with van der Waals surface area (Å²) in [6, 6.07) is 4.85. The SMILES string of the molecule is Cc1c(Cc2ccc(I)cc2F)c(C(=O)COCCO)cn(C)c1=O. The summed E-state index contributed by atoms with van der Waals surface area (Å²) in [6.45, 7) is 1.30. The zero-order valence-electron chi connectivity index (χ0n) is 14.0. The second kappa shape index (κ2) is 8.68. The maximum atomic E-state index is 14.2. The monoisotopic (exact) mass is 459 g/mol. The van der Waals surface area contributed by atoms with Gasteiger partial charge < -0.3 is 14.4 Å². The third-order valence-electron chi connectivity index (χ3n) is 3.89. The molecule has 1 aromatic carbocycles. The van der Waals surface area contributed by atoms with E-state index < -0.39 is 0 Å². The molecule has 1 aromatic heterocycles. The zero-order chi connectivity index (χ0) is 18.6. The number of rotatable bonds is 7. The van der Waals surface area contributed by atoms with Gasteiger partial charge in [-0.05, 0) is 52.8 Å². The molecule has 5 nitrogen and oxygen atoms in total. The van der Waals surface area contributed by atoms with Crippen molar-refractivity contribution in [2.45, 2.75) is 13.3 Å². The van der Waals surface area contributed by atoms with Crippen LogP contribution in [-0.4, -0.2) is 35.3 Å². The van der Waals surface area contributed by atoms with Crippen molar-refractivity contribution in [3.8, 4) is 0 Å². The number of Topliss-reactive ketones (excluding diaryl/α,β-unsaturated/α-hetero) is 1. The maximum absolute atomic E-state index is 14.2. The average molecular weight is 459 g/mol. The number of halogens is 2. The molecule has 134 valence electrons. The number of ether oxygens (including phenoxy) is 1. The van der Waals surface area contributed by atoms with Crippen LogP contribution in [0.25, 0.3) is 0 Å². The molecule has 0 aliphatic rings. The number of aromatic nitrogens is 1. The van der Waals surface area contributed by atoms with Crippen molar-refractivity contribution in [2.75, 3.05) is 19.8 Å². The quantitative estimate of drug-likeness (QED) is 0.392. The largest absolute Gasteiger partial charge is 0.394 e. The molecule has 0 unspecified atom stereocenters. The van der Waals surface area contributed by atoms with Gasteiger partial charge in [0.15, 0.2) is 5.78 Å². The van der Waals surface area contributed by atoms with Crippen LogP contribution in [0.5, 0.6) is 0 Å². The minimum Gasteiger partial charge on any atom is -0.394 e. The Balaban J connectivity index is 2.45. The first-order valence-electron chi connectivity index (χ1n) is 7.70. The minimum absolute atomic E-state index is 0.0531. The smallest absolute Gasteiger partial charge is 0.253 e. The first-order valence-corrected chi connectivity index (χ1v) is 8.77. The van der Waals surface area contributed by atoms with Crippen LogP contribution >= 0.6 is 22.6 Å². The maximum Gasteiger partial charge on any atom is 0.253 e. The zero-order valence-corrected chi connectivity index (χ0v) is 16.2. The Bertz CT molecular complexity index is 848. The summed E-state index contributed by atoms with van der Waals surface area (Å²) in [5, 5.41) is 8.75. The molecule has 0 atom stereocenters. The Morgan fingerprint density at radius 2 is 2.12 bits per heavy atom. The van der Waals surface area contributed by atoms with Crippen molar-refractivity contribution in [1.82, 2.24) is 4.57 Å². The lowest BCUT2D eigenvalue weighted by atomic mass is 9.95. The van der Waals surface area contributed by atoms with Crippen molar-refractivity contribution < 1.29 is 19.0 Å². The molecule has 0 aliphatic carbocycles. The van der Waals surface area contributed by atoms with E-state index in [-0.39, 0.29) is 43.4 Å². The number of aryl methyl sites for hydroxylation is 1. The van der Waals surface area contributed by atoms with Crippen LogP contribution in [0.15, 0.2) is 29.2 Å². The molecule has 1 N–H and O–H groups in total. The van der Waals surface area contributed by atoms with Crippen molar-refractivity contribution in [1.29, 1.82) is 0 Å². The fourth-order valence-corrected chi connectivity index (χ4v) is 3.01. The molecule has 2 aromatic rings. The Morgan fingerprint density at radius 3 is 2.76 bits per heavy atom. The van der Waals surface area contributed by atoms with Gasteiger partial charge in [0.1, 0.15) is 12.4 Å². The molecule has 0 fully saturated rings. The number of carbonyl (C=O) groups is 1. The first-order chi connectivity index (χ1) is 11.8. The van der Waals surface area contributed by atoms with E-state index in [4.69, 9.17) is 9.84 Å². The summed E-state index contributed by atoms with van der Waals surface area (Å²) < 4.78 is 21.4. The van der Waals surface area contributed by atoms with Gasteiger partial charge >= 0.3 is 0 Å². The van der Waals surface area contributed by atoms with Crippen LogP contribution in [0.1, 0.15) is 27.0 Å². The second-order valence-corrected chi connectivity index (χ2v) is 6.92. The lowest BCUT2D eigenvalue weighted by molar-refractivity contribution is 0.0662. The number of hydrogen-bond donors (Lipinski definition) is 1. The number of pyridine rings is 1. The first kappa shape index (κ1) is 19.7. The van der Waals surface area contributed by atoms with Gasteiger partial charge in [-0.2, -0.15) is 0 Å². The number of aliphatic hydroxyl groups is 1. The normalized spacial score (nSPS) is 10.9. The summed E-state index contributed by atoms with van der Waals surface area (Å²) in [5.74, 6) is -0.685. The van der Waals surface area contributed by atoms with Crippen LogP contribution in [-0.2, 0) is 18.2 Å². The lowest BCUT2D eigenvalue weighted by Crippen LogP contribution is -2.25. The number of benzene rings is 1. The molecule has 7 heteroatoms. The summed E-state index contributed by atoms with van der Waals surface area (Å²) in [6.07, 6.45) is 1.60. The average Bonchev–Trinajstić information content (AvgIpc) is 2.57. The van der Waals surface area contributed by atoms with Gasteiger partial charge in [-0.25, -0.2) is 4.39 Å². The predicted molar refractivity (Wildman–Crippen MR) is 101 cm³/mol. The molecule has 0 amide bonds. The summed E-state index contributed by atoms with van der Waals surface area (Å²) in [4.78, 5) is 24.7. The van der Waals surface area contributed by atoms with E-state index in [0.29, 0.717) is 22.3 Å². The fourth-order valence-electron chi connectivity index (χ4n) is 2.56. The van der Waals surface area contributed by atoms with E-state index in [1.807, 2.05) is 22.6 Å². The van der Waals surface area contributed by atoms with Gasteiger partial charge in [-0.15, -0.1) is 0 Å². The third-order valence-corrected chi connectivity index (χ3v) is 4.56. The van der Waals surface area contributed by atoms with Crippen molar-refractivity contribution >= 4 is 28.4 Å². The Hall–Kier alpha value is -1.58. The van der Waals surface area contributed by atoms with Gasteiger partial charge in [-0.1, -0.05) is 6.07 Å². The van der Waals surface area contributed by atoms with Gasteiger partial charge in [0.05, 0.1) is 13.2 Å². The highest BCUT2D eigenvalue weighted by atomic mass is 127. The molecule has 1 heterocycles. The topological polar surface area (TPSA) is 68.5 Å². The second-order valence-electron chi connectivity index (χ2n) is 5.67. The summed E-state index contributed by atoms with van der Waals surface area (Å²) in [7, 11) is 1.57. The number of ketones is 1. The molecule has 0 bridgehead atoms. The van der Waals surface area contributed by atoms with E-state index in [0.717, 1.165) is 3.57 Å². The highest BCUT2D eigenvalue weighted by Crippen LogP contribution is 2.20. The van der Waals surface area contributed by atoms with Gasteiger partial charge in [0, 0.05) is 34.4 Å². The van der Waals surface area contributed by atoms with E-state index >= 15 is 0 Å². The molecule has 0 aliphatic heterocycles. The molecular weight excluding hydrogens is 440 g/mol. The van der Waals surface area contributed by atoms with E-state index in [1.54, 1.807) is 26.1 Å². The van der Waals surface area contributed by atoms with Crippen LogP contribution in [0.3, 0.4) is 0 Å². The molecule has 0 radical (unpaired) electrons. The summed E-state index contributed by atoms with van der Waals surface area (Å²) in [5.41, 5.74) is 1.43. The molecule has 0 saturated carbocycles. The Kier molecular flexibility index (Phi) is 6.86. The van der Waals surface area contributed by atoms with Crippen molar-refractivity contribution in [3.05, 3.63) is 66.4 Å². The van der Waals surface area contributed by atoms with E-state index in [2.05, 4.69) is 0 Å².